The minimum atomic E-state index is -0.352. The number of nitrogens with one attached hydrogen (secondary N) is 1. The molecule has 1 atom stereocenters. The molecule has 3 aromatic rings. The van der Waals surface area contributed by atoms with E-state index >= 15 is 0 Å². The lowest BCUT2D eigenvalue weighted by Crippen LogP contribution is -2.37. The van der Waals surface area contributed by atoms with Crippen molar-refractivity contribution < 1.29 is 14.0 Å². The Balaban J connectivity index is 1.41. The first-order valence-electron chi connectivity index (χ1n) is 9.01. The molecule has 2 aromatic carbocycles. The predicted octanol–water partition coefficient (Wildman–Crippen LogP) is 2.61. The van der Waals surface area contributed by atoms with Gasteiger partial charge in [-0.3, -0.25) is 14.3 Å². The summed E-state index contributed by atoms with van der Waals surface area (Å²) in [6.45, 7) is 0.942. The quantitative estimate of drug-likeness (QED) is 0.742. The van der Waals surface area contributed by atoms with Crippen LogP contribution in [0.3, 0.4) is 0 Å². The number of rotatable bonds is 5. The zero-order chi connectivity index (χ0) is 19.5. The molecule has 0 bridgehead atoms. The van der Waals surface area contributed by atoms with E-state index in [0.717, 1.165) is 5.56 Å². The number of aromatic nitrogens is 2. The first kappa shape index (κ1) is 17.9. The van der Waals surface area contributed by atoms with E-state index < -0.39 is 0 Å². The molecule has 4 rings (SSSR count). The molecule has 2 heterocycles. The van der Waals surface area contributed by atoms with Gasteiger partial charge in [-0.15, -0.1) is 0 Å². The molecular weight excluding hydrogens is 359 g/mol. The number of hydrogen-bond donors (Lipinski definition) is 1. The summed E-state index contributed by atoms with van der Waals surface area (Å²) >= 11 is 0. The van der Waals surface area contributed by atoms with Gasteiger partial charge in [0.25, 0.3) is 5.91 Å². The first-order valence-corrected chi connectivity index (χ1v) is 9.01. The third-order valence-electron chi connectivity index (χ3n) is 4.69. The summed E-state index contributed by atoms with van der Waals surface area (Å²) in [7, 11) is 0. The van der Waals surface area contributed by atoms with E-state index in [1.54, 1.807) is 34.0 Å². The number of hydrogen-bond acceptors (Lipinski definition) is 3. The Morgan fingerprint density at radius 1 is 1.18 bits per heavy atom. The van der Waals surface area contributed by atoms with Gasteiger partial charge in [0.15, 0.2) is 0 Å². The number of benzene rings is 2. The van der Waals surface area contributed by atoms with E-state index in [9.17, 15) is 14.0 Å². The standard InChI is InChI=1S/C21H19FN4O2/c22-17-5-7-19(8-6-17)26-14-18(12-20(26)27)24-21(28)16-4-1-3-15(11-16)13-25-10-2-9-23-25/h1-11,18H,12-14H2,(H,24,28)/t18-/m0/s1. The molecule has 1 fully saturated rings. The summed E-state index contributed by atoms with van der Waals surface area (Å²) in [6.07, 6.45) is 3.79. The van der Waals surface area contributed by atoms with Crippen LogP contribution < -0.4 is 10.2 Å². The van der Waals surface area contributed by atoms with Crippen molar-refractivity contribution in [2.75, 3.05) is 11.4 Å². The SMILES string of the molecule is O=C(N[C@H]1CC(=O)N(c2ccc(F)cc2)C1)c1cccc(Cn2cccn2)c1. The van der Waals surface area contributed by atoms with Crippen LogP contribution in [-0.4, -0.2) is 34.2 Å². The molecule has 1 aliphatic rings. The maximum atomic E-state index is 13.1. The minimum absolute atomic E-state index is 0.0932. The Bertz CT molecular complexity index is 986. The Hall–Kier alpha value is -3.48. The highest BCUT2D eigenvalue weighted by molar-refractivity contribution is 5.99. The molecular formula is C21H19FN4O2. The van der Waals surface area contributed by atoms with Crippen LogP contribution in [0.2, 0.25) is 0 Å². The topological polar surface area (TPSA) is 67.2 Å². The number of carbonyl (C=O) groups is 2. The summed E-state index contributed by atoms with van der Waals surface area (Å²) in [6, 6.07) is 14.7. The van der Waals surface area contributed by atoms with Crippen molar-refractivity contribution in [3.63, 3.8) is 0 Å². The van der Waals surface area contributed by atoms with Crippen LogP contribution in [0.1, 0.15) is 22.3 Å². The summed E-state index contributed by atoms with van der Waals surface area (Å²) in [5.74, 6) is -0.666. The second-order valence-electron chi connectivity index (χ2n) is 6.76. The first-order chi connectivity index (χ1) is 13.6. The van der Waals surface area contributed by atoms with E-state index in [2.05, 4.69) is 10.4 Å². The van der Waals surface area contributed by atoms with Gasteiger partial charge in [-0.1, -0.05) is 12.1 Å². The van der Waals surface area contributed by atoms with Gasteiger partial charge in [0.05, 0.1) is 12.6 Å². The summed E-state index contributed by atoms with van der Waals surface area (Å²) < 4.78 is 14.9. The van der Waals surface area contributed by atoms with E-state index in [-0.39, 0.29) is 30.1 Å². The Kier molecular flexibility index (Phi) is 4.89. The lowest BCUT2D eigenvalue weighted by atomic mass is 10.1. The predicted molar refractivity (Wildman–Crippen MR) is 102 cm³/mol. The number of halogens is 1. The van der Waals surface area contributed by atoms with E-state index in [1.165, 1.54) is 12.1 Å². The van der Waals surface area contributed by atoms with E-state index in [1.807, 2.05) is 30.5 Å². The Morgan fingerprint density at radius 3 is 2.75 bits per heavy atom. The van der Waals surface area contributed by atoms with Crippen LogP contribution in [0.5, 0.6) is 0 Å². The highest BCUT2D eigenvalue weighted by Gasteiger charge is 2.31. The highest BCUT2D eigenvalue weighted by atomic mass is 19.1. The maximum Gasteiger partial charge on any atom is 0.251 e. The molecule has 28 heavy (non-hydrogen) atoms. The van der Waals surface area contributed by atoms with Gasteiger partial charge in [-0.05, 0) is 48.0 Å². The molecule has 1 aliphatic heterocycles. The largest absolute Gasteiger partial charge is 0.347 e. The lowest BCUT2D eigenvalue weighted by molar-refractivity contribution is -0.117. The van der Waals surface area contributed by atoms with Crippen molar-refractivity contribution in [1.82, 2.24) is 15.1 Å². The molecule has 6 nitrogen and oxygen atoms in total. The molecule has 1 aromatic heterocycles. The van der Waals surface area contributed by atoms with Gasteiger partial charge in [0.1, 0.15) is 5.82 Å². The second-order valence-corrected chi connectivity index (χ2v) is 6.76. The number of carbonyl (C=O) groups excluding carboxylic acids is 2. The molecule has 7 heteroatoms. The van der Waals surface area contributed by atoms with Crippen molar-refractivity contribution in [3.05, 3.63) is 83.9 Å². The third kappa shape index (κ3) is 3.93. The lowest BCUT2D eigenvalue weighted by Gasteiger charge is -2.17. The third-order valence-corrected chi connectivity index (χ3v) is 4.69. The van der Waals surface area contributed by atoms with Crippen molar-refractivity contribution in [3.8, 4) is 0 Å². The molecule has 1 saturated heterocycles. The average Bonchev–Trinajstić information content (AvgIpc) is 3.32. The van der Waals surface area contributed by atoms with Crippen LogP contribution in [0.15, 0.2) is 67.0 Å². The fourth-order valence-electron chi connectivity index (χ4n) is 3.34. The van der Waals surface area contributed by atoms with Crippen molar-refractivity contribution in [2.24, 2.45) is 0 Å². The van der Waals surface area contributed by atoms with Gasteiger partial charge in [-0.2, -0.15) is 5.10 Å². The molecule has 0 radical (unpaired) electrons. The van der Waals surface area contributed by atoms with E-state index in [4.69, 9.17) is 0 Å². The van der Waals surface area contributed by atoms with Crippen LogP contribution in [0.25, 0.3) is 0 Å². The molecule has 0 aliphatic carbocycles. The van der Waals surface area contributed by atoms with Crippen LogP contribution in [0, 0.1) is 5.82 Å². The zero-order valence-electron chi connectivity index (χ0n) is 15.1. The van der Waals surface area contributed by atoms with Crippen molar-refractivity contribution in [2.45, 2.75) is 19.0 Å². The van der Waals surface area contributed by atoms with Crippen LogP contribution >= 0.6 is 0 Å². The Morgan fingerprint density at radius 2 is 2.00 bits per heavy atom. The van der Waals surface area contributed by atoms with Gasteiger partial charge in [-0.25, -0.2) is 4.39 Å². The fraction of sp³-hybridized carbons (Fsp3) is 0.190. The second kappa shape index (κ2) is 7.64. The van der Waals surface area contributed by atoms with Gasteiger partial charge >= 0.3 is 0 Å². The fourth-order valence-corrected chi connectivity index (χ4v) is 3.34. The van der Waals surface area contributed by atoms with Crippen LogP contribution in [0.4, 0.5) is 10.1 Å². The smallest absolute Gasteiger partial charge is 0.251 e. The summed E-state index contributed by atoms with van der Waals surface area (Å²) in [5.41, 5.74) is 2.13. The van der Waals surface area contributed by atoms with Gasteiger partial charge < -0.3 is 10.2 Å². The number of amides is 2. The monoisotopic (exact) mass is 378 g/mol. The number of anilines is 1. The minimum Gasteiger partial charge on any atom is -0.347 e. The molecule has 2 amide bonds. The summed E-state index contributed by atoms with van der Waals surface area (Å²) in [4.78, 5) is 26.5. The molecule has 0 spiro atoms. The van der Waals surface area contributed by atoms with Crippen LogP contribution in [-0.2, 0) is 11.3 Å². The van der Waals surface area contributed by atoms with Gasteiger partial charge in [0, 0.05) is 36.6 Å². The molecule has 1 N–H and O–H groups in total. The molecule has 142 valence electrons. The Labute approximate surface area is 161 Å². The summed E-state index contributed by atoms with van der Waals surface area (Å²) in [5, 5.41) is 7.09. The normalized spacial score (nSPS) is 16.4. The highest BCUT2D eigenvalue weighted by Crippen LogP contribution is 2.22. The zero-order valence-corrected chi connectivity index (χ0v) is 15.1. The van der Waals surface area contributed by atoms with Crippen molar-refractivity contribution >= 4 is 17.5 Å². The number of nitrogens with zero attached hydrogens (tertiary/aromatic N) is 3. The van der Waals surface area contributed by atoms with Crippen molar-refractivity contribution in [1.29, 1.82) is 0 Å². The molecule has 0 unspecified atom stereocenters. The average molecular weight is 378 g/mol. The maximum absolute atomic E-state index is 13.1. The molecule has 0 saturated carbocycles. The van der Waals surface area contributed by atoms with Gasteiger partial charge in [0.2, 0.25) is 5.91 Å². The van der Waals surface area contributed by atoms with E-state index in [0.29, 0.717) is 24.3 Å².